The first-order chi connectivity index (χ1) is 10.1. The minimum absolute atomic E-state index is 0.0172. The van der Waals surface area contributed by atoms with Crippen molar-refractivity contribution in [2.45, 2.75) is 6.92 Å². The van der Waals surface area contributed by atoms with E-state index in [9.17, 15) is 9.59 Å². The van der Waals surface area contributed by atoms with Gasteiger partial charge in [-0.1, -0.05) is 18.2 Å². The topological polar surface area (TPSA) is 53.5 Å². The third-order valence-electron chi connectivity index (χ3n) is 3.85. The lowest BCUT2D eigenvalue weighted by atomic mass is 10.1. The monoisotopic (exact) mass is 283 g/mol. The first kappa shape index (κ1) is 13.5. The van der Waals surface area contributed by atoms with Gasteiger partial charge in [-0.05, 0) is 12.1 Å². The molecule has 0 atom stereocenters. The van der Waals surface area contributed by atoms with Crippen LogP contribution in [0.15, 0.2) is 36.5 Å². The predicted molar refractivity (Wildman–Crippen MR) is 79.9 cm³/mol. The van der Waals surface area contributed by atoms with E-state index in [2.05, 4.69) is 4.98 Å². The van der Waals surface area contributed by atoms with E-state index in [1.807, 2.05) is 30.3 Å². The lowest BCUT2D eigenvalue weighted by molar-refractivity contribution is -0.130. The van der Waals surface area contributed by atoms with Gasteiger partial charge in [-0.2, -0.15) is 0 Å². The van der Waals surface area contributed by atoms with Gasteiger partial charge in [0.05, 0.1) is 11.1 Å². The molecule has 2 amide bonds. The molecule has 1 saturated heterocycles. The average Bonchev–Trinajstić information content (AvgIpc) is 2.54. The number of carbonyl (C=O) groups excluding carboxylic acids is 2. The van der Waals surface area contributed by atoms with E-state index >= 15 is 0 Å². The van der Waals surface area contributed by atoms with Crippen LogP contribution >= 0.6 is 0 Å². The maximum absolute atomic E-state index is 12.5. The Hall–Kier alpha value is -2.43. The van der Waals surface area contributed by atoms with E-state index in [4.69, 9.17) is 0 Å². The normalized spacial score (nSPS) is 15.3. The Labute approximate surface area is 123 Å². The second kappa shape index (κ2) is 5.52. The summed E-state index contributed by atoms with van der Waals surface area (Å²) in [5.41, 5.74) is 1.49. The fraction of sp³-hybridized carbons (Fsp3) is 0.312. The third kappa shape index (κ3) is 2.72. The van der Waals surface area contributed by atoms with Crippen LogP contribution in [0.3, 0.4) is 0 Å². The van der Waals surface area contributed by atoms with Crippen molar-refractivity contribution in [3.8, 4) is 0 Å². The molecule has 0 radical (unpaired) electrons. The summed E-state index contributed by atoms with van der Waals surface area (Å²) in [5, 5.41) is 0.964. The van der Waals surface area contributed by atoms with Gasteiger partial charge in [-0.15, -0.1) is 0 Å². The minimum atomic E-state index is -0.0172. The number of hydrogen-bond acceptors (Lipinski definition) is 3. The quantitative estimate of drug-likeness (QED) is 0.797. The molecule has 5 nitrogen and oxygen atoms in total. The summed E-state index contributed by atoms with van der Waals surface area (Å²) < 4.78 is 0. The van der Waals surface area contributed by atoms with Crippen molar-refractivity contribution in [2.24, 2.45) is 0 Å². The average molecular weight is 283 g/mol. The summed E-state index contributed by atoms with van der Waals surface area (Å²) in [6, 6.07) is 9.62. The van der Waals surface area contributed by atoms with Crippen LogP contribution in [0.2, 0.25) is 0 Å². The van der Waals surface area contributed by atoms with Crippen molar-refractivity contribution >= 4 is 22.7 Å². The molecule has 1 aliphatic heterocycles. The predicted octanol–water partition coefficient (Wildman–Crippen LogP) is 1.54. The number of hydrogen-bond donors (Lipinski definition) is 0. The number of amides is 2. The summed E-state index contributed by atoms with van der Waals surface area (Å²) in [6.45, 7) is 3.91. The molecule has 0 bridgehead atoms. The van der Waals surface area contributed by atoms with Crippen LogP contribution in [0.4, 0.5) is 0 Å². The molecule has 0 spiro atoms. The zero-order valence-electron chi connectivity index (χ0n) is 12.0. The molecule has 21 heavy (non-hydrogen) atoms. The highest BCUT2D eigenvalue weighted by atomic mass is 16.2. The molecule has 0 saturated carbocycles. The molecular weight excluding hydrogens is 266 g/mol. The minimum Gasteiger partial charge on any atom is -0.339 e. The summed E-state index contributed by atoms with van der Waals surface area (Å²) in [6.07, 6.45) is 1.63. The second-order valence-electron chi connectivity index (χ2n) is 5.21. The highest BCUT2D eigenvalue weighted by molar-refractivity contribution is 5.97. The Morgan fingerprint density at radius 1 is 1.05 bits per heavy atom. The Kier molecular flexibility index (Phi) is 3.56. The van der Waals surface area contributed by atoms with E-state index in [-0.39, 0.29) is 11.8 Å². The molecule has 5 heteroatoms. The summed E-state index contributed by atoms with van der Waals surface area (Å²) in [7, 11) is 0. The van der Waals surface area contributed by atoms with Crippen molar-refractivity contribution in [1.29, 1.82) is 0 Å². The van der Waals surface area contributed by atoms with E-state index in [0.29, 0.717) is 31.7 Å². The summed E-state index contributed by atoms with van der Waals surface area (Å²) >= 11 is 0. The van der Waals surface area contributed by atoms with Gasteiger partial charge in [0.25, 0.3) is 5.91 Å². The van der Waals surface area contributed by atoms with Crippen molar-refractivity contribution in [2.75, 3.05) is 26.2 Å². The molecule has 3 rings (SSSR count). The molecule has 1 aliphatic rings. The Bertz CT molecular complexity index is 691. The van der Waals surface area contributed by atoms with Crippen molar-refractivity contribution < 1.29 is 9.59 Å². The number of nitrogens with zero attached hydrogens (tertiary/aromatic N) is 3. The maximum Gasteiger partial charge on any atom is 0.255 e. The smallest absolute Gasteiger partial charge is 0.255 e. The van der Waals surface area contributed by atoms with Crippen LogP contribution in [-0.2, 0) is 4.79 Å². The highest BCUT2D eigenvalue weighted by Crippen LogP contribution is 2.15. The fourth-order valence-electron chi connectivity index (χ4n) is 2.60. The standard InChI is InChI=1S/C16H17N3O2/c1-12(20)18-6-8-19(9-7-18)16(21)14-10-13-4-2-3-5-15(13)17-11-14/h2-5,10-11H,6-9H2,1H3. The molecule has 2 heterocycles. The van der Waals surface area contributed by atoms with E-state index in [1.54, 1.807) is 22.9 Å². The number of aromatic nitrogens is 1. The Morgan fingerprint density at radius 3 is 2.43 bits per heavy atom. The van der Waals surface area contributed by atoms with E-state index < -0.39 is 0 Å². The van der Waals surface area contributed by atoms with Crippen LogP contribution in [0.25, 0.3) is 10.9 Å². The van der Waals surface area contributed by atoms with Crippen LogP contribution in [0.5, 0.6) is 0 Å². The molecule has 1 fully saturated rings. The zero-order chi connectivity index (χ0) is 14.8. The largest absolute Gasteiger partial charge is 0.339 e. The molecular formula is C16H17N3O2. The van der Waals surface area contributed by atoms with Crippen LogP contribution in [0.1, 0.15) is 17.3 Å². The van der Waals surface area contributed by atoms with Crippen molar-refractivity contribution in [1.82, 2.24) is 14.8 Å². The number of piperazine rings is 1. The summed E-state index contributed by atoms with van der Waals surface area (Å²) in [4.78, 5) is 31.7. The van der Waals surface area contributed by atoms with Gasteiger partial charge in [0.1, 0.15) is 0 Å². The van der Waals surface area contributed by atoms with E-state index in [1.165, 1.54) is 0 Å². The molecule has 2 aromatic rings. The molecule has 0 aliphatic carbocycles. The highest BCUT2D eigenvalue weighted by Gasteiger charge is 2.23. The van der Waals surface area contributed by atoms with Crippen LogP contribution in [0, 0.1) is 0 Å². The van der Waals surface area contributed by atoms with Crippen molar-refractivity contribution in [3.63, 3.8) is 0 Å². The van der Waals surface area contributed by atoms with Gasteiger partial charge >= 0.3 is 0 Å². The van der Waals surface area contributed by atoms with Gasteiger partial charge in [-0.25, -0.2) is 0 Å². The van der Waals surface area contributed by atoms with Gasteiger partial charge in [0.2, 0.25) is 5.91 Å². The lowest BCUT2D eigenvalue weighted by Gasteiger charge is -2.34. The number of pyridine rings is 1. The Balaban J connectivity index is 1.76. The van der Waals surface area contributed by atoms with Gasteiger partial charge in [-0.3, -0.25) is 14.6 Å². The first-order valence-electron chi connectivity index (χ1n) is 7.05. The number of carbonyl (C=O) groups is 2. The lowest BCUT2D eigenvalue weighted by Crippen LogP contribution is -2.50. The van der Waals surface area contributed by atoms with Gasteiger partial charge < -0.3 is 9.80 Å². The van der Waals surface area contributed by atoms with Crippen LogP contribution < -0.4 is 0 Å². The van der Waals surface area contributed by atoms with E-state index in [0.717, 1.165) is 10.9 Å². The molecule has 0 N–H and O–H groups in total. The number of para-hydroxylation sites is 1. The number of fused-ring (bicyclic) bond motifs is 1. The van der Waals surface area contributed by atoms with Crippen molar-refractivity contribution in [3.05, 3.63) is 42.1 Å². The van der Waals surface area contributed by atoms with Gasteiger partial charge in [0, 0.05) is 44.7 Å². The third-order valence-corrected chi connectivity index (χ3v) is 3.85. The molecule has 108 valence electrons. The summed E-state index contributed by atoms with van der Waals surface area (Å²) in [5.74, 6) is 0.0472. The SMILES string of the molecule is CC(=O)N1CCN(C(=O)c2cnc3ccccc3c2)CC1. The van der Waals surface area contributed by atoms with Crippen LogP contribution in [-0.4, -0.2) is 52.8 Å². The molecule has 0 unspecified atom stereocenters. The van der Waals surface area contributed by atoms with Gasteiger partial charge in [0.15, 0.2) is 0 Å². The Morgan fingerprint density at radius 2 is 1.71 bits per heavy atom. The second-order valence-corrected chi connectivity index (χ2v) is 5.21. The molecule has 1 aromatic heterocycles. The maximum atomic E-state index is 12.5. The first-order valence-corrected chi connectivity index (χ1v) is 7.05. The number of benzene rings is 1. The number of rotatable bonds is 1. The zero-order valence-corrected chi connectivity index (χ0v) is 12.0. The fourth-order valence-corrected chi connectivity index (χ4v) is 2.60. The molecule has 1 aromatic carbocycles.